The molecule has 17 heavy (non-hydrogen) atoms. The quantitative estimate of drug-likeness (QED) is 0.824. The summed E-state index contributed by atoms with van der Waals surface area (Å²) in [5.74, 6) is 0.0857. The average Bonchev–Trinajstić information content (AvgIpc) is 1.97. The maximum Gasteiger partial charge on any atom is 0.226 e. The van der Waals surface area contributed by atoms with Crippen LogP contribution in [0.4, 0.5) is 0 Å². The van der Waals surface area contributed by atoms with Crippen LogP contribution in [0.3, 0.4) is 0 Å². The number of amides is 1. The Kier molecular flexibility index (Phi) is 5.20. The maximum absolute atomic E-state index is 12.1. The van der Waals surface area contributed by atoms with E-state index >= 15 is 0 Å². The van der Waals surface area contributed by atoms with Gasteiger partial charge in [0.2, 0.25) is 5.91 Å². The summed E-state index contributed by atoms with van der Waals surface area (Å²) < 4.78 is 5.67. The van der Waals surface area contributed by atoms with Crippen LogP contribution in [0.2, 0.25) is 0 Å². The summed E-state index contributed by atoms with van der Waals surface area (Å²) in [5.41, 5.74) is -0.714. The van der Waals surface area contributed by atoms with Crippen molar-refractivity contribution in [3.8, 4) is 0 Å². The highest BCUT2D eigenvalue weighted by molar-refractivity contribution is 5.82. The van der Waals surface area contributed by atoms with Gasteiger partial charge < -0.3 is 10.1 Å². The van der Waals surface area contributed by atoms with E-state index in [-0.39, 0.29) is 17.0 Å². The molecule has 3 heteroatoms. The second-order valence-corrected chi connectivity index (χ2v) is 7.30. The molecule has 0 bridgehead atoms. The molecular weight excluding hydrogens is 214 g/mol. The Morgan fingerprint density at radius 2 is 1.47 bits per heavy atom. The zero-order valence-electron chi connectivity index (χ0n) is 12.7. The molecule has 0 aliphatic rings. The molecule has 0 atom stereocenters. The van der Waals surface area contributed by atoms with Crippen molar-refractivity contribution in [1.29, 1.82) is 0 Å². The number of rotatable bonds is 4. The van der Waals surface area contributed by atoms with E-state index in [9.17, 15) is 4.79 Å². The molecule has 0 fully saturated rings. The van der Waals surface area contributed by atoms with Crippen LogP contribution in [0.5, 0.6) is 0 Å². The maximum atomic E-state index is 12.1. The lowest BCUT2D eigenvalue weighted by Gasteiger charge is -2.30. The summed E-state index contributed by atoms with van der Waals surface area (Å²) in [6.45, 7) is 16.6. The second-order valence-electron chi connectivity index (χ2n) is 7.30. The highest BCUT2D eigenvalue weighted by Gasteiger charge is 2.30. The Bertz CT molecular complexity index is 256. The first-order valence-electron chi connectivity index (χ1n) is 6.30. The van der Waals surface area contributed by atoms with Gasteiger partial charge >= 0.3 is 0 Å². The van der Waals surface area contributed by atoms with E-state index in [0.29, 0.717) is 6.61 Å². The molecule has 0 aromatic heterocycles. The third kappa shape index (κ3) is 8.19. The zero-order valence-corrected chi connectivity index (χ0v) is 12.7. The third-order valence-electron chi connectivity index (χ3n) is 2.37. The van der Waals surface area contributed by atoms with Gasteiger partial charge in [-0.25, -0.2) is 0 Å². The Morgan fingerprint density at radius 1 is 1.00 bits per heavy atom. The van der Waals surface area contributed by atoms with Crippen molar-refractivity contribution in [2.24, 2.45) is 5.41 Å². The number of hydrogen-bond donors (Lipinski definition) is 1. The minimum Gasteiger partial charge on any atom is -0.376 e. The molecule has 0 spiro atoms. The van der Waals surface area contributed by atoms with Crippen LogP contribution in [0.1, 0.15) is 61.8 Å². The van der Waals surface area contributed by atoms with E-state index in [1.165, 1.54) is 0 Å². The van der Waals surface area contributed by atoms with Gasteiger partial charge in [0.1, 0.15) is 0 Å². The van der Waals surface area contributed by atoms with Crippen molar-refractivity contribution in [2.75, 3.05) is 6.61 Å². The van der Waals surface area contributed by atoms with Crippen molar-refractivity contribution in [2.45, 2.75) is 73.0 Å². The van der Waals surface area contributed by atoms with Crippen LogP contribution in [-0.2, 0) is 9.53 Å². The fourth-order valence-corrected chi connectivity index (χ4v) is 1.24. The first-order chi connectivity index (χ1) is 7.33. The van der Waals surface area contributed by atoms with Gasteiger partial charge in [0, 0.05) is 17.6 Å². The summed E-state index contributed by atoms with van der Waals surface area (Å²) in [4.78, 5) is 12.1. The molecule has 0 saturated carbocycles. The molecule has 1 N–H and O–H groups in total. The van der Waals surface area contributed by atoms with Gasteiger partial charge in [-0.15, -0.1) is 0 Å². The zero-order chi connectivity index (χ0) is 13.9. The molecule has 0 aromatic carbocycles. The second kappa shape index (κ2) is 5.38. The van der Waals surface area contributed by atoms with Crippen molar-refractivity contribution in [3.05, 3.63) is 0 Å². The van der Waals surface area contributed by atoms with Gasteiger partial charge in [-0.05, 0) is 48.0 Å². The number of ether oxygens (including phenoxy) is 1. The van der Waals surface area contributed by atoms with E-state index in [1.807, 2.05) is 55.4 Å². The smallest absolute Gasteiger partial charge is 0.226 e. The van der Waals surface area contributed by atoms with Crippen LogP contribution in [0.25, 0.3) is 0 Å². The molecule has 0 aliphatic carbocycles. The van der Waals surface area contributed by atoms with Crippen LogP contribution < -0.4 is 5.32 Å². The summed E-state index contributed by atoms with van der Waals surface area (Å²) in [6, 6.07) is 0. The molecule has 0 saturated heterocycles. The van der Waals surface area contributed by atoms with Gasteiger partial charge in [-0.2, -0.15) is 0 Å². The van der Waals surface area contributed by atoms with E-state index < -0.39 is 5.41 Å². The Labute approximate surface area is 106 Å². The SMILES string of the molecule is CC(C)(C)NC(=O)C(C)(C)CCOC(C)(C)C. The molecular formula is C14H29NO2. The van der Waals surface area contributed by atoms with Gasteiger partial charge in [0.25, 0.3) is 0 Å². The highest BCUT2D eigenvalue weighted by atomic mass is 16.5. The van der Waals surface area contributed by atoms with E-state index in [1.54, 1.807) is 0 Å². The molecule has 0 heterocycles. The average molecular weight is 243 g/mol. The van der Waals surface area contributed by atoms with Crippen LogP contribution in [0.15, 0.2) is 0 Å². The predicted octanol–water partition coefficient (Wildman–Crippen LogP) is 3.13. The highest BCUT2D eigenvalue weighted by Crippen LogP contribution is 2.23. The van der Waals surface area contributed by atoms with Crippen LogP contribution >= 0.6 is 0 Å². The molecule has 102 valence electrons. The number of hydrogen-bond acceptors (Lipinski definition) is 2. The van der Waals surface area contributed by atoms with Crippen molar-refractivity contribution in [1.82, 2.24) is 5.32 Å². The molecule has 0 aliphatic heterocycles. The Morgan fingerprint density at radius 3 is 1.82 bits per heavy atom. The molecule has 1 amide bonds. The van der Waals surface area contributed by atoms with Crippen molar-refractivity contribution >= 4 is 5.91 Å². The number of carbonyl (C=O) groups excluding carboxylic acids is 1. The molecule has 0 unspecified atom stereocenters. The number of carbonyl (C=O) groups is 1. The third-order valence-corrected chi connectivity index (χ3v) is 2.37. The van der Waals surface area contributed by atoms with Gasteiger partial charge in [-0.3, -0.25) is 4.79 Å². The Balaban J connectivity index is 4.24. The Hall–Kier alpha value is -0.570. The summed E-state index contributed by atoms with van der Waals surface area (Å²) in [6.07, 6.45) is 0.728. The van der Waals surface area contributed by atoms with Gasteiger partial charge in [-0.1, -0.05) is 13.8 Å². The molecule has 0 aromatic rings. The molecule has 3 nitrogen and oxygen atoms in total. The van der Waals surface area contributed by atoms with E-state index in [4.69, 9.17) is 4.74 Å². The molecule has 0 radical (unpaired) electrons. The van der Waals surface area contributed by atoms with Gasteiger partial charge in [0.15, 0.2) is 0 Å². The monoisotopic (exact) mass is 243 g/mol. The normalized spacial score (nSPS) is 13.6. The van der Waals surface area contributed by atoms with Crippen molar-refractivity contribution < 1.29 is 9.53 Å². The predicted molar refractivity (Wildman–Crippen MR) is 72.0 cm³/mol. The van der Waals surface area contributed by atoms with Crippen molar-refractivity contribution in [3.63, 3.8) is 0 Å². The fourth-order valence-electron chi connectivity index (χ4n) is 1.24. The van der Waals surface area contributed by atoms with E-state index in [2.05, 4.69) is 5.32 Å². The lowest BCUT2D eigenvalue weighted by Crippen LogP contribution is -2.47. The lowest BCUT2D eigenvalue weighted by atomic mass is 9.87. The standard InChI is InChI=1S/C14H29NO2/c1-12(2,3)15-11(16)14(7,8)9-10-17-13(4,5)6/h9-10H2,1-8H3,(H,15,16). The first-order valence-corrected chi connectivity index (χ1v) is 6.30. The fraction of sp³-hybridized carbons (Fsp3) is 0.929. The minimum atomic E-state index is -0.390. The minimum absolute atomic E-state index is 0.0857. The van der Waals surface area contributed by atoms with E-state index in [0.717, 1.165) is 6.42 Å². The summed E-state index contributed by atoms with van der Waals surface area (Å²) >= 11 is 0. The summed E-state index contributed by atoms with van der Waals surface area (Å²) in [7, 11) is 0. The first kappa shape index (κ1) is 16.4. The largest absolute Gasteiger partial charge is 0.376 e. The van der Waals surface area contributed by atoms with Gasteiger partial charge in [0.05, 0.1) is 5.60 Å². The number of nitrogens with one attached hydrogen (secondary N) is 1. The topological polar surface area (TPSA) is 38.3 Å². The van der Waals surface area contributed by atoms with Crippen LogP contribution in [0, 0.1) is 5.41 Å². The molecule has 0 rings (SSSR count). The van der Waals surface area contributed by atoms with Crippen LogP contribution in [-0.4, -0.2) is 23.7 Å². The lowest BCUT2D eigenvalue weighted by molar-refractivity contribution is -0.132. The summed E-state index contributed by atoms with van der Waals surface area (Å²) in [5, 5.41) is 3.01.